The van der Waals surface area contributed by atoms with Crippen LogP contribution < -0.4 is 15.4 Å². The minimum Gasteiger partial charge on any atom is -0.496 e. The molecule has 7 heteroatoms. The van der Waals surface area contributed by atoms with Crippen LogP contribution in [0.25, 0.3) is 0 Å². The van der Waals surface area contributed by atoms with E-state index in [-0.39, 0.29) is 12.0 Å². The quantitative estimate of drug-likeness (QED) is 0.465. The maximum atomic E-state index is 12.5. The molecule has 0 saturated carbocycles. The molecule has 2 aromatic carbocycles. The Labute approximate surface area is 190 Å². The zero-order chi connectivity index (χ0) is 22.8. The number of nitrogens with zero attached hydrogens (tertiary/aromatic N) is 2. The van der Waals surface area contributed by atoms with Crippen LogP contribution in [0, 0.1) is 0 Å². The SMILES string of the molecule is CCNC(=NCc1cccc(C(=O)NCC2CCCO2)c1)N(C)Cc1ccccc1OC. The van der Waals surface area contributed by atoms with E-state index in [1.54, 1.807) is 7.11 Å². The fourth-order valence-electron chi connectivity index (χ4n) is 3.72. The van der Waals surface area contributed by atoms with Gasteiger partial charge in [-0.25, -0.2) is 4.99 Å². The molecule has 172 valence electrons. The van der Waals surface area contributed by atoms with Crippen molar-refractivity contribution in [3.05, 3.63) is 65.2 Å². The Morgan fingerprint density at radius 1 is 1.22 bits per heavy atom. The summed E-state index contributed by atoms with van der Waals surface area (Å²) in [5, 5.41) is 6.32. The number of ether oxygens (including phenoxy) is 2. The van der Waals surface area contributed by atoms with E-state index in [9.17, 15) is 4.79 Å². The second kappa shape index (κ2) is 12.1. The molecule has 32 heavy (non-hydrogen) atoms. The molecule has 1 fully saturated rings. The first-order valence-electron chi connectivity index (χ1n) is 11.2. The molecular formula is C25H34N4O3. The predicted molar refractivity (Wildman–Crippen MR) is 127 cm³/mol. The molecule has 1 heterocycles. The van der Waals surface area contributed by atoms with Crippen LogP contribution in [0.4, 0.5) is 0 Å². The van der Waals surface area contributed by atoms with Gasteiger partial charge in [0.25, 0.3) is 5.91 Å². The highest BCUT2D eigenvalue weighted by molar-refractivity contribution is 5.94. The lowest BCUT2D eigenvalue weighted by atomic mass is 10.1. The van der Waals surface area contributed by atoms with Crippen molar-refractivity contribution in [3.63, 3.8) is 0 Å². The number of amides is 1. The minimum absolute atomic E-state index is 0.0773. The lowest BCUT2D eigenvalue weighted by Crippen LogP contribution is -2.38. The van der Waals surface area contributed by atoms with Gasteiger partial charge in [0.2, 0.25) is 0 Å². The number of carbonyl (C=O) groups excluding carboxylic acids is 1. The van der Waals surface area contributed by atoms with Gasteiger partial charge in [0, 0.05) is 44.4 Å². The maximum absolute atomic E-state index is 12.5. The van der Waals surface area contributed by atoms with Crippen molar-refractivity contribution in [1.82, 2.24) is 15.5 Å². The number of guanidine groups is 1. The maximum Gasteiger partial charge on any atom is 0.251 e. The molecule has 1 amide bonds. The van der Waals surface area contributed by atoms with Gasteiger partial charge in [-0.3, -0.25) is 4.79 Å². The first-order valence-corrected chi connectivity index (χ1v) is 11.2. The third-order valence-electron chi connectivity index (χ3n) is 5.41. The third-order valence-corrected chi connectivity index (χ3v) is 5.41. The van der Waals surface area contributed by atoms with Crippen molar-refractivity contribution < 1.29 is 14.3 Å². The lowest BCUT2D eigenvalue weighted by molar-refractivity contribution is 0.0857. The number of aliphatic imine (C=N–C) groups is 1. The van der Waals surface area contributed by atoms with Gasteiger partial charge in [0.05, 0.1) is 19.8 Å². The van der Waals surface area contributed by atoms with Crippen LogP contribution >= 0.6 is 0 Å². The summed E-state index contributed by atoms with van der Waals surface area (Å²) in [6.07, 6.45) is 2.20. The number of benzene rings is 2. The molecule has 0 bridgehead atoms. The second-order valence-electron chi connectivity index (χ2n) is 7.88. The molecule has 0 aliphatic carbocycles. The highest BCUT2D eigenvalue weighted by Crippen LogP contribution is 2.19. The van der Waals surface area contributed by atoms with Gasteiger partial charge in [0.15, 0.2) is 5.96 Å². The van der Waals surface area contributed by atoms with Gasteiger partial charge in [-0.15, -0.1) is 0 Å². The number of nitrogens with one attached hydrogen (secondary N) is 2. The van der Waals surface area contributed by atoms with Crippen molar-refractivity contribution in [2.24, 2.45) is 4.99 Å². The molecule has 3 rings (SSSR count). The monoisotopic (exact) mass is 438 g/mol. The van der Waals surface area contributed by atoms with Crippen molar-refractivity contribution >= 4 is 11.9 Å². The molecule has 7 nitrogen and oxygen atoms in total. The number of methoxy groups -OCH3 is 1. The molecule has 0 spiro atoms. The number of carbonyl (C=O) groups is 1. The predicted octanol–water partition coefficient (Wildman–Crippen LogP) is 3.20. The molecule has 1 saturated heterocycles. The van der Waals surface area contributed by atoms with Gasteiger partial charge in [-0.2, -0.15) is 0 Å². The van der Waals surface area contributed by atoms with Gasteiger partial charge < -0.3 is 25.0 Å². The molecule has 0 radical (unpaired) electrons. The number of hydrogen-bond acceptors (Lipinski definition) is 4. The number of rotatable bonds is 9. The van der Waals surface area contributed by atoms with Crippen LogP contribution in [0.2, 0.25) is 0 Å². The average Bonchev–Trinajstić information content (AvgIpc) is 3.34. The first kappa shape index (κ1) is 23.6. The second-order valence-corrected chi connectivity index (χ2v) is 7.88. The summed E-state index contributed by atoms with van der Waals surface area (Å²) in [5.74, 6) is 1.58. The molecular weight excluding hydrogens is 404 g/mol. The summed E-state index contributed by atoms with van der Waals surface area (Å²) in [6, 6.07) is 15.6. The van der Waals surface area contributed by atoms with Gasteiger partial charge in [-0.05, 0) is 43.5 Å². The Bertz CT molecular complexity index is 910. The van der Waals surface area contributed by atoms with E-state index < -0.39 is 0 Å². The Kier molecular flexibility index (Phi) is 8.92. The topological polar surface area (TPSA) is 75.2 Å². The summed E-state index contributed by atoms with van der Waals surface area (Å²) < 4.78 is 11.0. The Morgan fingerprint density at radius 3 is 2.81 bits per heavy atom. The van der Waals surface area contributed by atoms with Gasteiger partial charge in [-0.1, -0.05) is 30.3 Å². The van der Waals surface area contributed by atoms with Gasteiger partial charge >= 0.3 is 0 Å². The van der Waals surface area contributed by atoms with Crippen LogP contribution in [-0.4, -0.2) is 56.7 Å². The van der Waals surface area contributed by atoms with E-state index in [0.717, 1.165) is 48.8 Å². The molecule has 2 N–H and O–H groups in total. The molecule has 1 unspecified atom stereocenters. The normalized spacial score (nSPS) is 16.0. The van der Waals surface area contributed by atoms with Crippen LogP contribution in [0.3, 0.4) is 0 Å². The fourth-order valence-corrected chi connectivity index (χ4v) is 3.72. The highest BCUT2D eigenvalue weighted by Gasteiger charge is 2.17. The molecule has 1 aliphatic heterocycles. The van der Waals surface area contributed by atoms with Crippen LogP contribution in [0.5, 0.6) is 5.75 Å². The molecule has 2 aromatic rings. The Morgan fingerprint density at radius 2 is 2.06 bits per heavy atom. The number of para-hydroxylation sites is 1. The standard InChI is InChI=1S/C25H34N4O3/c1-4-26-25(29(2)18-21-10-5-6-13-23(21)31-3)28-16-19-9-7-11-20(15-19)24(30)27-17-22-12-8-14-32-22/h5-7,9-11,13,15,22H,4,8,12,14,16-18H2,1-3H3,(H,26,28)(H,27,30). The molecule has 1 aliphatic rings. The summed E-state index contributed by atoms with van der Waals surface area (Å²) in [4.78, 5) is 19.4. The summed E-state index contributed by atoms with van der Waals surface area (Å²) in [6.45, 7) is 5.30. The van der Waals surface area contributed by atoms with Gasteiger partial charge in [0.1, 0.15) is 5.75 Å². The van der Waals surface area contributed by atoms with E-state index >= 15 is 0 Å². The summed E-state index contributed by atoms with van der Waals surface area (Å²) in [7, 11) is 3.69. The molecule has 0 aromatic heterocycles. The smallest absolute Gasteiger partial charge is 0.251 e. The summed E-state index contributed by atoms with van der Waals surface area (Å²) in [5.41, 5.74) is 2.71. The number of hydrogen-bond donors (Lipinski definition) is 2. The largest absolute Gasteiger partial charge is 0.496 e. The van der Waals surface area contributed by atoms with E-state index in [2.05, 4.69) is 21.6 Å². The fraction of sp³-hybridized carbons (Fsp3) is 0.440. The zero-order valence-corrected chi connectivity index (χ0v) is 19.3. The lowest BCUT2D eigenvalue weighted by Gasteiger charge is -2.23. The van der Waals surface area contributed by atoms with Crippen molar-refractivity contribution in [2.75, 3.05) is 33.9 Å². The van der Waals surface area contributed by atoms with E-state index in [0.29, 0.717) is 25.2 Å². The third kappa shape index (κ3) is 6.72. The van der Waals surface area contributed by atoms with Crippen molar-refractivity contribution in [1.29, 1.82) is 0 Å². The first-order chi connectivity index (χ1) is 15.6. The minimum atomic E-state index is -0.0773. The van der Waals surface area contributed by atoms with Crippen LogP contribution in [-0.2, 0) is 17.8 Å². The molecule has 1 atom stereocenters. The van der Waals surface area contributed by atoms with Crippen molar-refractivity contribution in [3.8, 4) is 5.75 Å². The Balaban J connectivity index is 1.63. The Hall–Kier alpha value is -3.06. The van der Waals surface area contributed by atoms with E-state index in [4.69, 9.17) is 14.5 Å². The van der Waals surface area contributed by atoms with Crippen LogP contribution in [0.1, 0.15) is 41.3 Å². The van der Waals surface area contributed by atoms with Crippen LogP contribution in [0.15, 0.2) is 53.5 Å². The average molecular weight is 439 g/mol. The summed E-state index contributed by atoms with van der Waals surface area (Å²) >= 11 is 0. The van der Waals surface area contributed by atoms with E-state index in [1.807, 2.05) is 56.4 Å². The van der Waals surface area contributed by atoms with Crippen molar-refractivity contribution in [2.45, 2.75) is 39.0 Å². The zero-order valence-electron chi connectivity index (χ0n) is 19.3. The van der Waals surface area contributed by atoms with E-state index in [1.165, 1.54) is 0 Å². The highest BCUT2D eigenvalue weighted by atomic mass is 16.5.